The van der Waals surface area contributed by atoms with Crippen molar-refractivity contribution in [1.29, 1.82) is 0 Å². The summed E-state index contributed by atoms with van der Waals surface area (Å²) in [6, 6.07) is 6.65. The summed E-state index contributed by atoms with van der Waals surface area (Å²) < 4.78 is 16.2. The van der Waals surface area contributed by atoms with Gasteiger partial charge < -0.3 is 30.2 Å². The Kier molecular flexibility index (Phi) is 13.1. The van der Waals surface area contributed by atoms with Crippen LogP contribution in [-0.4, -0.2) is 72.7 Å². The van der Waals surface area contributed by atoms with Crippen LogP contribution in [0.25, 0.3) is 0 Å². The largest absolute Gasteiger partial charge is 0.482 e. The zero-order valence-electron chi connectivity index (χ0n) is 25.6. The van der Waals surface area contributed by atoms with Crippen molar-refractivity contribution in [2.75, 3.05) is 19.8 Å². The first-order valence-electron chi connectivity index (χ1n) is 15.1. The fourth-order valence-electron chi connectivity index (χ4n) is 5.24. The van der Waals surface area contributed by atoms with Crippen LogP contribution in [-0.2, 0) is 49.6 Å². The molecule has 3 amide bonds. The van der Waals surface area contributed by atoms with Gasteiger partial charge in [0.1, 0.15) is 24.2 Å². The molecule has 1 saturated carbocycles. The molecule has 0 bridgehead atoms. The predicted molar refractivity (Wildman–Crippen MR) is 159 cm³/mol. The lowest BCUT2D eigenvalue weighted by atomic mass is 9.84. The first kappa shape index (κ1) is 34.4. The molecule has 12 nitrogen and oxygen atoms in total. The van der Waals surface area contributed by atoms with Crippen LogP contribution in [0.15, 0.2) is 42.2 Å². The van der Waals surface area contributed by atoms with E-state index in [1.165, 1.54) is 0 Å². The highest BCUT2D eigenvalue weighted by Crippen LogP contribution is 2.28. The van der Waals surface area contributed by atoms with Crippen LogP contribution in [0.4, 0.5) is 0 Å². The van der Waals surface area contributed by atoms with E-state index in [2.05, 4.69) is 16.0 Å². The van der Waals surface area contributed by atoms with Crippen molar-refractivity contribution in [2.45, 2.75) is 90.0 Å². The predicted octanol–water partition coefficient (Wildman–Crippen LogP) is 2.04. The SMILES string of the molecule is CCOC(=O)CNC(=O)C(=O)[C@H](COCc1ccccc1)NC(=O)[C@@H](CC1CCCCC1)NC(=O)C1=CC(=O)CC(C)(C)O1. The summed E-state index contributed by atoms with van der Waals surface area (Å²) in [6.07, 6.45) is 6.37. The average molecular weight is 614 g/mol. The summed E-state index contributed by atoms with van der Waals surface area (Å²) in [5.74, 6) is -4.56. The zero-order chi connectivity index (χ0) is 32.1. The number of hydrogen-bond acceptors (Lipinski definition) is 9. The number of esters is 1. The maximum atomic E-state index is 13.7. The minimum atomic E-state index is -1.41. The molecule has 0 aromatic heterocycles. The van der Waals surface area contributed by atoms with Crippen LogP contribution in [0.1, 0.15) is 71.3 Å². The lowest BCUT2D eigenvalue weighted by molar-refractivity contribution is -0.146. The van der Waals surface area contributed by atoms with Gasteiger partial charge in [0.05, 0.1) is 19.8 Å². The van der Waals surface area contributed by atoms with Gasteiger partial charge in [0.15, 0.2) is 11.5 Å². The van der Waals surface area contributed by atoms with Gasteiger partial charge in [0, 0.05) is 12.5 Å². The first-order chi connectivity index (χ1) is 21.0. The molecule has 240 valence electrons. The van der Waals surface area contributed by atoms with E-state index < -0.39 is 53.7 Å². The van der Waals surface area contributed by atoms with Crippen molar-refractivity contribution in [3.8, 4) is 0 Å². The monoisotopic (exact) mass is 613 g/mol. The van der Waals surface area contributed by atoms with Crippen molar-refractivity contribution < 1.29 is 43.0 Å². The fraction of sp³-hybridized carbons (Fsp3) is 0.562. The maximum Gasteiger partial charge on any atom is 0.325 e. The molecule has 1 aliphatic heterocycles. The van der Waals surface area contributed by atoms with E-state index in [1.807, 2.05) is 30.3 Å². The molecule has 3 N–H and O–H groups in total. The van der Waals surface area contributed by atoms with Gasteiger partial charge in [-0.3, -0.25) is 28.8 Å². The Labute approximate surface area is 257 Å². The molecule has 0 unspecified atom stereocenters. The van der Waals surface area contributed by atoms with Gasteiger partial charge in [-0.25, -0.2) is 0 Å². The fourth-order valence-corrected chi connectivity index (χ4v) is 5.24. The molecule has 1 aliphatic carbocycles. The van der Waals surface area contributed by atoms with Gasteiger partial charge >= 0.3 is 5.97 Å². The second-order valence-electron chi connectivity index (χ2n) is 11.7. The third-order valence-electron chi connectivity index (χ3n) is 7.37. The van der Waals surface area contributed by atoms with Crippen molar-refractivity contribution >= 4 is 35.3 Å². The number of benzene rings is 1. The topological polar surface area (TPSA) is 166 Å². The maximum absolute atomic E-state index is 13.7. The molecule has 2 aliphatic rings. The van der Waals surface area contributed by atoms with Gasteiger partial charge in [0.2, 0.25) is 11.7 Å². The summed E-state index contributed by atoms with van der Waals surface area (Å²) in [7, 11) is 0. The van der Waals surface area contributed by atoms with Gasteiger partial charge in [0.25, 0.3) is 11.8 Å². The van der Waals surface area contributed by atoms with Crippen LogP contribution >= 0.6 is 0 Å². The molecule has 0 spiro atoms. The van der Waals surface area contributed by atoms with Crippen molar-refractivity contribution in [1.82, 2.24) is 16.0 Å². The second-order valence-corrected chi connectivity index (χ2v) is 11.7. The Balaban J connectivity index is 1.76. The Morgan fingerprint density at radius 2 is 1.70 bits per heavy atom. The summed E-state index contributed by atoms with van der Waals surface area (Å²) in [5, 5.41) is 7.49. The highest BCUT2D eigenvalue weighted by atomic mass is 16.5. The molecule has 1 fully saturated rings. The second kappa shape index (κ2) is 16.7. The number of ether oxygens (including phenoxy) is 3. The summed E-state index contributed by atoms with van der Waals surface area (Å²) in [4.78, 5) is 76.6. The number of Topliss-reactive ketones (excluding diaryl/α,β-unsaturated/α-hetero) is 1. The Morgan fingerprint density at radius 1 is 1.00 bits per heavy atom. The number of carbonyl (C=O) groups is 6. The third kappa shape index (κ3) is 11.2. The van der Waals surface area contributed by atoms with Crippen molar-refractivity contribution in [3.05, 3.63) is 47.7 Å². The molecule has 1 aromatic rings. The van der Waals surface area contributed by atoms with Crippen LogP contribution < -0.4 is 16.0 Å². The van der Waals surface area contributed by atoms with E-state index in [0.29, 0.717) is 6.42 Å². The Bertz CT molecular complexity index is 1220. The summed E-state index contributed by atoms with van der Waals surface area (Å²) in [6.45, 7) is 4.35. The molecule has 0 radical (unpaired) electrons. The summed E-state index contributed by atoms with van der Waals surface area (Å²) in [5.41, 5.74) is -0.0677. The first-order valence-corrected chi connectivity index (χ1v) is 15.1. The minimum absolute atomic E-state index is 0.108. The van der Waals surface area contributed by atoms with Crippen LogP contribution in [0.5, 0.6) is 0 Å². The van der Waals surface area contributed by atoms with E-state index in [-0.39, 0.29) is 43.7 Å². The molecule has 12 heteroatoms. The van der Waals surface area contributed by atoms with Crippen molar-refractivity contribution in [2.24, 2.45) is 5.92 Å². The zero-order valence-corrected chi connectivity index (χ0v) is 25.6. The van der Waals surface area contributed by atoms with E-state index >= 15 is 0 Å². The standard InChI is InChI=1S/C32H43N3O9/c1-4-43-27(37)18-33-31(41)28(38)25(20-42-19-22-13-9-6-10-14-22)35-29(39)24(15-21-11-7-5-8-12-21)34-30(40)26-16-23(36)17-32(2,3)44-26/h6,9-10,13-14,16,21,24-25H,4-5,7-8,11-12,15,17-20H2,1-3H3,(H,33,41)(H,34,40)(H,35,39)/t24-,25+/m1/s1. The quantitative estimate of drug-likeness (QED) is 0.198. The third-order valence-corrected chi connectivity index (χ3v) is 7.37. The van der Waals surface area contributed by atoms with Crippen LogP contribution in [0.3, 0.4) is 0 Å². The van der Waals surface area contributed by atoms with Gasteiger partial charge in [-0.1, -0.05) is 62.4 Å². The lowest BCUT2D eigenvalue weighted by Crippen LogP contribution is -2.56. The smallest absolute Gasteiger partial charge is 0.325 e. The highest BCUT2D eigenvalue weighted by molar-refractivity contribution is 6.38. The molecule has 3 rings (SSSR count). The number of hydrogen-bond donors (Lipinski definition) is 3. The van der Waals surface area contributed by atoms with Gasteiger partial charge in [-0.05, 0) is 38.7 Å². The number of carbonyl (C=O) groups excluding carboxylic acids is 6. The Hall–Kier alpha value is -4.06. The number of ketones is 2. The Morgan fingerprint density at radius 3 is 2.36 bits per heavy atom. The molecule has 2 atom stereocenters. The normalized spacial score (nSPS) is 17.7. The van der Waals surface area contributed by atoms with Gasteiger partial charge in [-0.2, -0.15) is 0 Å². The molecule has 1 heterocycles. The number of nitrogens with one attached hydrogen (secondary N) is 3. The van der Waals surface area contributed by atoms with E-state index in [1.54, 1.807) is 20.8 Å². The molecule has 44 heavy (non-hydrogen) atoms. The number of rotatable bonds is 15. The molecule has 1 aromatic carbocycles. The average Bonchev–Trinajstić information content (AvgIpc) is 2.98. The van der Waals surface area contributed by atoms with E-state index in [9.17, 15) is 28.8 Å². The van der Waals surface area contributed by atoms with Crippen LogP contribution in [0.2, 0.25) is 0 Å². The van der Waals surface area contributed by atoms with Crippen LogP contribution in [0, 0.1) is 5.92 Å². The number of allylic oxidation sites excluding steroid dienone is 1. The lowest BCUT2D eigenvalue weighted by Gasteiger charge is -2.31. The molecular weight excluding hydrogens is 570 g/mol. The minimum Gasteiger partial charge on any atom is -0.482 e. The summed E-state index contributed by atoms with van der Waals surface area (Å²) >= 11 is 0. The number of amides is 3. The highest BCUT2D eigenvalue weighted by Gasteiger charge is 2.36. The van der Waals surface area contributed by atoms with E-state index in [0.717, 1.165) is 43.7 Å². The van der Waals surface area contributed by atoms with Crippen molar-refractivity contribution in [3.63, 3.8) is 0 Å². The van der Waals surface area contributed by atoms with E-state index in [4.69, 9.17) is 14.2 Å². The molecule has 0 saturated heterocycles. The molecular formula is C32H43N3O9. The van der Waals surface area contributed by atoms with Gasteiger partial charge in [-0.15, -0.1) is 0 Å².